The molecule has 9 rings (SSSR count). The molecule has 0 saturated heterocycles. The number of pyridine rings is 2. The quantitative estimate of drug-likeness (QED) is 0.168. The van der Waals surface area contributed by atoms with Crippen LogP contribution in [0, 0.1) is 6.07 Å². The minimum absolute atomic E-state index is 0. The van der Waals surface area contributed by atoms with Gasteiger partial charge in [0.1, 0.15) is 5.65 Å². The Bertz CT molecular complexity index is 2460. The van der Waals surface area contributed by atoms with Gasteiger partial charge >= 0.3 is 21.1 Å². The number of hydrogen-bond donors (Lipinski definition) is 0. The maximum atomic E-state index is 5.22. The molecule has 9 aromatic rings. The summed E-state index contributed by atoms with van der Waals surface area (Å²) >= 11 is 0. The van der Waals surface area contributed by atoms with E-state index in [4.69, 9.17) is 15.0 Å². The van der Waals surface area contributed by atoms with Crippen molar-refractivity contribution in [1.82, 2.24) is 19.5 Å². The molecule has 0 fully saturated rings. The fraction of sp³-hybridized carbons (Fsp3) is 0. The Hall–Kier alpha value is -5.31. The molecule has 0 spiro atoms. The summed E-state index contributed by atoms with van der Waals surface area (Å²) in [5.41, 5.74) is 10.9. The molecule has 45 heavy (non-hydrogen) atoms. The van der Waals surface area contributed by atoms with E-state index in [1.165, 1.54) is 5.39 Å². The van der Waals surface area contributed by atoms with Crippen LogP contribution < -0.4 is 4.98 Å². The Balaban J connectivity index is 0.00000300. The second kappa shape index (κ2) is 11.0. The monoisotopic (exact) mass is 755 g/mol. The molecule has 4 nitrogen and oxygen atoms in total. The van der Waals surface area contributed by atoms with Crippen LogP contribution >= 0.6 is 0 Å². The van der Waals surface area contributed by atoms with E-state index in [2.05, 4.69) is 132 Å². The van der Waals surface area contributed by atoms with Gasteiger partial charge in [0.15, 0.2) is 0 Å². The number of benzene rings is 5. The Morgan fingerprint density at radius 2 is 1.33 bits per heavy atom. The van der Waals surface area contributed by atoms with Crippen molar-refractivity contribution in [1.29, 1.82) is 0 Å². The van der Waals surface area contributed by atoms with Crippen molar-refractivity contribution < 1.29 is 21.1 Å². The average molecular weight is 756 g/mol. The molecule has 4 aromatic heterocycles. The van der Waals surface area contributed by atoms with Gasteiger partial charge in [-0.3, -0.25) is 4.98 Å². The number of rotatable bonds is 4. The molecule has 0 aliphatic heterocycles. The van der Waals surface area contributed by atoms with Crippen molar-refractivity contribution in [2.45, 2.75) is 0 Å². The maximum Gasteiger partial charge on any atom is 2.00 e. The van der Waals surface area contributed by atoms with E-state index < -0.39 is 0 Å². The molecule has 214 valence electrons. The van der Waals surface area contributed by atoms with Crippen LogP contribution in [0.25, 0.3) is 83.1 Å². The molecule has 0 bridgehead atoms. The van der Waals surface area contributed by atoms with Gasteiger partial charge < -0.3 is 9.55 Å². The molecule has 0 unspecified atom stereocenters. The molecule has 0 radical (unpaired) electrons. The number of hydrogen-bond acceptors (Lipinski definition) is 2. The van der Waals surface area contributed by atoms with Crippen LogP contribution in [0.5, 0.6) is 0 Å². The van der Waals surface area contributed by atoms with Gasteiger partial charge in [0.2, 0.25) is 0 Å². The van der Waals surface area contributed by atoms with Crippen LogP contribution in [0.3, 0.4) is 0 Å². The Morgan fingerprint density at radius 1 is 0.578 bits per heavy atom. The smallest absolute Gasteiger partial charge is 0.656 e. The van der Waals surface area contributed by atoms with Crippen molar-refractivity contribution in [3.8, 4) is 39.3 Å². The summed E-state index contributed by atoms with van der Waals surface area (Å²) in [6, 6.07) is 52.0. The molecule has 0 amide bonds. The maximum absolute atomic E-state index is 5.22. The zero-order chi connectivity index (χ0) is 29.0. The number of para-hydroxylation sites is 2. The average Bonchev–Trinajstić information content (AvgIpc) is 3.64. The predicted molar refractivity (Wildman–Crippen MR) is 180 cm³/mol. The molecule has 5 aromatic carbocycles. The van der Waals surface area contributed by atoms with Gasteiger partial charge in [-0.15, -0.1) is 40.9 Å². The third-order valence-corrected chi connectivity index (χ3v) is 8.40. The van der Waals surface area contributed by atoms with E-state index in [1.54, 1.807) is 0 Å². The fourth-order valence-electron chi connectivity index (χ4n) is 6.38. The number of aromatic nitrogens is 4. The number of fused-ring (bicyclic) bond motifs is 6. The summed E-state index contributed by atoms with van der Waals surface area (Å²) < 4.78 is 2.18. The van der Waals surface area contributed by atoms with Crippen LogP contribution in [-0.4, -0.2) is 14.5 Å². The minimum atomic E-state index is 0. The first-order valence-electron chi connectivity index (χ1n) is 14.7. The van der Waals surface area contributed by atoms with Gasteiger partial charge in [0, 0.05) is 17.0 Å². The van der Waals surface area contributed by atoms with E-state index in [0.29, 0.717) is 0 Å². The standard InChI is InChI=1S/C40H24N4.Pt/c1-2-11-26(12-3-1)28-24-33-30-15-4-6-18-36(30)43-39(33)34(25-28)37-20-9-19-35(42-37)27-13-8-14-29(23-27)44-38-21-7-5-16-31(38)32-17-10-22-41-40(32)44;/h1-22,24-25H;/q-2;+2. The van der Waals surface area contributed by atoms with Gasteiger partial charge in [-0.05, 0) is 75.2 Å². The summed E-state index contributed by atoms with van der Waals surface area (Å²) in [5, 5.41) is 4.58. The SMILES string of the molecule is [Pt+2].[c-]1c(-c2cccc(-c3cc(-c4ccccc4)cc4c3[n-]c3ccccc34)n2)cccc1-n1c2ccccc2c2cccnc21. The molecular weight excluding hydrogens is 732 g/mol. The van der Waals surface area contributed by atoms with Crippen LogP contribution in [0.2, 0.25) is 0 Å². The molecule has 0 saturated carbocycles. The van der Waals surface area contributed by atoms with Gasteiger partial charge in [-0.2, -0.15) is 0 Å². The third-order valence-electron chi connectivity index (χ3n) is 8.40. The zero-order valence-corrected chi connectivity index (χ0v) is 26.2. The van der Waals surface area contributed by atoms with Gasteiger partial charge in [0.05, 0.1) is 11.2 Å². The van der Waals surface area contributed by atoms with Gasteiger partial charge in [-0.25, -0.2) is 4.98 Å². The van der Waals surface area contributed by atoms with E-state index in [-0.39, 0.29) is 21.1 Å². The van der Waals surface area contributed by atoms with Crippen molar-refractivity contribution in [2.24, 2.45) is 0 Å². The van der Waals surface area contributed by atoms with Crippen molar-refractivity contribution >= 4 is 43.7 Å². The largest absolute Gasteiger partial charge is 2.00 e. The number of nitrogens with zero attached hydrogens (tertiary/aromatic N) is 4. The van der Waals surface area contributed by atoms with E-state index in [0.717, 1.165) is 77.7 Å². The normalized spacial score (nSPS) is 11.4. The molecule has 4 heterocycles. The summed E-state index contributed by atoms with van der Waals surface area (Å²) in [4.78, 5) is 15.0. The molecule has 0 N–H and O–H groups in total. The molecular formula is C40H24N4Pt. The van der Waals surface area contributed by atoms with E-state index in [9.17, 15) is 0 Å². The van der Waals surface area contributed by atoms with E-state index >= 15 is 0 Å². The van der Waals surface area contributed by atoms with Crippen LogP contribution in [0.1, 0.15) is 0 Å². The molecule has 0 aliphatic carbocycles. The first kappa shape index (κ1) is 27.3. The van der Waals surface area contributed by atoms with Crippen LogP contribution in [0.4, 0.5) is 0 Å². The third kappa shape index (κ3) is 4.49. The molecule has 5 heteroatoms. The second-order valence-electron chi connectivity index (χ2n) is 11.0. The summed E-state index contributed by atoms with van der Waals surface area (Å²) in [6.07, 6.45) is 1.85. The Morgan fingerprint density at radius 3 is 2.24 bits per heavy atom. The molecule has 0 atom stereocenters. The first-order valence-corrected chi connectivity index (χ1v) is 14.7. The van der Waals surface area contributed by atoms with Crippen LogP contribution in [0.15, 0.2) is 146 Å². The van der Waals surface area contributed by atoms with Gasteiger partial charge in [0.25, 0.3) is 0 Å². The summed E-state index contributed by atoms with van der Waals surface area (Å²) in [5.74, 6) is 0. The Kier molecular flexibility index (Phi) is 6.66. The topological polar surface area (TPSA) is 44.8 Å². The second-order valence-corrected chi connectivity index (χ2v) is 11.0. The predicted octanol–water partition coefficient (Wildman–Crippen LogP) is 9.64. The molecule has 0 aliphatic rings. The van der Waals surface area contributed by atoms with Crippen molar-refractivity contribution in [3.63, 3.8) is 0 Å². The van der Waals surface area contributed by atoms with Gasteiger partial charge in [-0.1, -0.05) is 84.9 Å². The zero-order valence-electron chi connectivity index (χ0n) is 24.0. The van der Waals surface area contributed by atoms with E-state index in [1.807, 2.05) is 24.4 Å². The van der Waals surface area contributed by atoms with Crippen LogP contribution in [-0.2, 0) is 21.1 Å². The fourth-order valence-corrected chi connectivity index (χ4v) is 6.38. The Labute approximate surface area is 274 Å². The summed E-state index contributed by atoms with van der Waals surface area (Å²) in [6.45, 7) is 0. The van der Waals surface area contributed by atoms with Crippen molar-refractivity contribution in [3.05, 3.63) is 152 Å². The minimum Gasteiger partial charge on any atom is -0.656 e. The van der Waals surface area contributed by atoms with Crippen molar-refractivity contribution in [2.75, 3.05) is 0 Å². The summed E-state index contributed by atoms with van der Waals surface area (Å²) in [7, 11) is 0. The first-order chi connectivity index (χ1) is 21.8.